The summed E-state index contributed by atoms with van der Waals surface area (Å²) in [6.45, 7) is 8.76. The number of benzene rings is 2. The average Bonchev–Trinajstić information content (AvgIpc) is 3.08. The first-order valence-electron chi connectivity index (χ1n) is 11.0. The molecule has 1 aliphatic heterocycles. The Morgan fingerprint density at radius 2 is 1.81 bits per heavy atom. The predicted molar refractivity (Wildman–Crippen MR) is 133 cm³/mol. The van der Waals surface area contributed by atoms with Crippen molar-refractivity contribution in [3.8, 4) is 0 Å². The molecule has 0 unspecified atom stereocenters. The lowest BCUT2D eigenvalue weighted by molar-refractivity contribution is -0.140. The lowest BCUT2D eigenvalue weighted by Crippen LogP contribution is -2.31. The first-order valence-corrected chi connectivity index (χ1v) is 12.0. The van der Waals surface area contributed by atoms with Gasteiger partial charge in [-0.05, 0) is 48.6 Å². The van der Waals surface area contributed by atoms with Gasteiger partial charge in [-0.25, -0.2) is 4.99 Å². The normalized spacial score (nSPS) is 14.9. The van der Waals surface area contributed by atoms with Crippen LogP contribution in [0.5, 0.6) is 0 Å². The van der Waals surface area contributed by atoms with E-state index in [0.717, 1.165) is 29.7 Å². The van der Waals surface area contributed by atoms with E-state index in [1.807, 2.05) is 50.2 Å². The molecule has 32 heavy (non-hydrogen) atoms. The molecule has 1 heterocycles. The number of amides is 1. The van der Waals surface area contributed by atoms with Crippen molar-refractivity contribution >= 4 is 40.6 Å². The summed E-state index contributed by atoms with van der Waals surface area (Å²) in [5.74, 6) is 0.0434. The first-order chi connectivity index (χ1) is 15.4. The molecule has 6 heteroatoms. The van der Waals surface area contributed by atoms with Crippen LogP contribution in [0.4, 0.5) is 5.69 Å². The Hall–Kier alpha value is -2.86. The number of aliphatic imine (C=N–C) groups is 1. The van der Waals surface area contributed by atoms with Crippen molar-refractivity contribution in [1.29, 1.82) is 0 Å². The number of ether oxygens (including phenoxy) is 1. The highest BCUT2D eigenvalue weighted by Gasteiger charge is 2.32. The summed E-state index contributed by atoms with van der Waals surface area (Å²) in [7, 11) is 0. The van der Waals surface area contributed by atoms with Gasteiger partial charge >= 0.3 is 5.97 Å². The van der Waals surface area contributed by atoms with Gasteiger partial charge in [0.1, 0.15) is 5.70 Å². The zero-order valence-electron chi connectivity index (χ0n) is 19.1. The predicted octanol–water partition coefficient (Wildman–Crippen LogP) is 5.94. The smallest absolute Gasteiger partial charge is 0.316 e. The van der Waals surface area contributed by atoms with E-state index in [2.05, 4.69) is 31.0 Å². The zero-order valence-corrected chi connectivity index (χ0v) is 19.9. The molecule has 0 bridgehead atoms. The van der Waals surface area contributed by atoms with Crippen LogP contribution in [-0.4, -0.2) is 29.4 Å². The molecule has 0 saturated heterocycles. The molecule has 2 aromatic carbocycles. The van der Waals surface area contributed by atoms with Crippen molar-refractivity contribution < 1.29 is 14.3 Å². The molecule has 0 radical (unpaired) electrons. The summed E-state index contributed by atoms with van der Waals surface area (Å²) in [6, 6.07) is 15.8. The summed E-state index contributed by atoms with van der Waals surface area (Å²) in [5, 5.41) is 0.483. The molecule has 0 spiro atoms. The standard InChI is InChI=1S/C26H30N2O3S/c1-5-6-15-31-24(29)17-32-26-27-23(16-20-9-11-21(12-10-20)18(2)3)25(30)28(26)22-13-7-19(4)8-14-22/h7-14,16,18H,5-6,15,17H2,1-4H3. The number of esters is 1. The van der Waals surface area contributed by atoms with Gasteiger partial charge in [-0.1, -0.05) is 80.9 Å². The summed E-state index contributed by atoms with van der Waals surface area (Å²) >= 11 is 1.22. The van der Waals surface area contributed by atoms with Crippen molar-refractivity contribution in [2.24, 2.45) is 4.99 Å². The van der Waals surface area contributed by atoms with Crippen LogP contribution < -0.4 is 4.90 Å². The molecule has 0 atom stereocenters. The Bertz CT molecular complexity index is 1010. The molecule has 3 rings (SSSR count). The first kappa shape index (κ1) is 23.8. The minimum Gasteiger partial charge on any atom is -0.465 e. The number of anilines is 1. The van der Waals surface area contributed by atoms with E-state index < -0.39 is 0 Å². The molecule has 5 nitrogen and oxygen atoms in total. The number of carbonyl (C=O) groups excluding carboxylic acids is 2. The molecule has 0 aromatic heterocycles. The van der Waals surface area contributed by atoms with Crippen LogP contribution in [0, 0.1) is 6.92 Å². The largest absolute Gasteiger partial charge is 0.465 e. The maximum absolute atomic E-state index is 13.2. The number of rotatable bonds is 8. The minimum absolute atomic E-state index is 0.106. The molecule has 1 aliphatic rings. The minimum atomic E-state index is -0.302. The van der Waals surface area contributed by atoms with Crippen molar-refractivity contribution in [3.05, 3.63) is 70.9 Å². The summed E-state index contributed by atoms with van der Waals surface area (Å²) in [4.78, 5) is 31.5. The number of nitrogens with zero attached hydrogens (tertiary/aromatic N) is 2. The van der Waals surface area contributed by atoms with E-state index in [0.29, 0.717) is 23.4 Å². The van der Waals surface area contributed by atoms with Crippen molar-refractivity contribution in [2.75, 3.05) is 17.3 Å². The number of thioether (sulfide) groups is 1. The third-order valence-electron chi connectivity index (χ3n) is 5.11. The van der Waals surface area contributed by atoms with Gasteiger partial charge in [0.2, 0.25) is 0 Å². The number of amidine groups is 1. The molecule has 0 N–H and O–H groups in total. The van der Waals surface area contributed by atoms with Crippen LogP contribution in [0.25, 0.3) is 6.08 Å². The van der Waals surface area contributed by atoms with Gasteiger partial charge in [0.15, 0.2) is 5.17 Å². The van der Waals surface area contributed by atoms with Crippen molar-refractivity contribution in [3.63, 3.8) is 0 Å². The van der Waals surface area contributed by atoms with E-state index >= 15 is 0 Å². The Balaban J connectivity index is 1.83. The van der Waals surface area contributed by atoms with Crippen molar-refractivity contribution in [2.45, 2.75) is 46.5 Å². The second-order valence-corrected chi connectivity index (χ2v) is 9.03. The van der Waals surface area contributed by atoms with Crippen LogP contribution in [0.1, 0.15) is 56.2 Å². The maximum atomic E-state index is 13.2. The highest BCUT2D eigenvalue weighted by molar-refractivity contribution is 8.14. The van der Waals surface area contributed by atoms with E-state index in [1.165, 1.54) is 17.3 Å². The van der Waals surface area contributed by atoms with E-state index in [1.54, 1.807) is 11.0 Å². The van der Waals surface area contributed by atoms with E-state index in [9.17, 15) is 9.59 Å². The van der Waals surface area contributed by atoms with Crippen LogP contribution in [0.3, 0.4) is 0 Å². The van der Waals surface area contributed by atoms with Gasteiger partial charge in [0.25, 0.3) is 5.91 Å². The van der Waals surface area contributed by atoms with Crippen LogP contribution in [0.15, 0.2) is 59.2 Å². The SMILES string of the molecule is CCCCOC(=O)CSC1=NC(=Cc2ccc(C(C)C)cc2)C(=O)N1c1ccc(C)cc1. The Kier molecular flexibility index (Phi) is 8.28. The number of unbranched alkanes of at least 4 members (excludes halogenated alkanes) is 1. The molecule has 0 aliphatic carbocycles. The average molecular weight is 451 g/mol. The highest BCUT2D eigenvalue weighted by atomic mass is 32.2. The third-order valence-corrected chi connectivity index (χ3v) is 6.02. The van der Waals surface area contributed by atoms with Crippen LogP contribution >= 0.6 is 11.8 Å². The van der Waals surface area contributed by atoms with Gasteiger partial charge in [-0.2, -0.15) is 0 Å². The van der Waals surface area contributed by atoms with Gasteiger partial charge < -0.3 is 4.74 Å². The van der Waals surface area contributed by atoms with Crippen molar-refractivity contribution in [1.82, 2.24) is 0 Å². The topological polar surface area (TPSA) is 59.0 Å². The molecule has 2 aromatic rings. The Morgan fingerprint density at radius 1 is 1.12 bits per heavy atom. The number of hydrogen-bond acceptors (Lipinski definition) is 5. The lowest BCUT2D eigenvalue weighted by Gasteiger charge is -2.17. The zero-order chi connectivity index (χ0) is 23.1. The Morgan fingerprint density at radius 3 is 2.44 bits per heavy atom. The van der Waals surface area contributed by atoms with Gasteiger partial charge in [-0.3, -0.25) is 14.5 Å². The second kappa shape index (κ2) is 11.1. The number of aryl methyl sites for hydroxylation is 1. The van der Waals surface area contributed by atoms with Gasteiger partial charge in [0, 0.05) is 0 Å². The van der Waals surface area contributed by atoms with Crippen LogP contribution in [0.2, 0.25) is 0 Å². The fourth-order valence-corrected chi connectivity index (χ4v) is 3.96. The van der Waals surface area contributed by atoms with Crippen LogP contribution in [-0.2, 0) is 14.3 Å². The highest BCUT2D eigenvalue weighted by Crippen LogP contribution is 2.30. The molecule has 0 fully saturated rings. The monoisotopic (exact) mass is 450 g/mol. The number of hydrogen-bond donors (Lipinski definition) is 0. The maximum Gasteiger partial charge on any atom is 0.316 e. The number of carbonyl (C=O) groups is 2. The van der Waals surface area contributed by atoms with E-state index in [4.69, 9.17) is 4.74 Å². The van der Waals surface area contributed by atoms with Gasteiger partial charge in [-0.15, -0.1) is 0 Å². The fraction of sp³-hybridized carbons (Fsp3) is 0.346. The van der Waals surface area contributed by atoms with E-state index in [-0.39, 0.29) is 17.6 Å². The Labute approximate surface area is 194 Å². The molecular formula is C26H30N2O3S. The summed E-state index contributed by atoms with van der Waals surface area (Å²) < 4.78 is 5.25. The summed E-state index contributed by atoms with van der Waals surface area (Å²) in [5.41, 5.74) is 4.34. The summed E-state index contributed by atoms with van der Waals surface area (Å²) in [6.07, 6.45) is 3.60. The lowest BCUT2D eigenvalue weighted by atomic mass is 10.0. The molecule has 0 saturated carbocycles. The molecule has 1 amide bonds. The fourth-order valence-electron chi connectivity index (χ4n) is 3.15. The second-order valence-electron chi connectivity index (χ2n) is 8.08. The molecule has 168 valence electrons. The molecular weight excluding hydrogens is 420 g/mol. The third kappa shape index (κ3) is 6.10. The van der Waals surface area contributed by atoms with Gasteiger partial charge in [0.05, 0.1) is 18.0 Å². The quantitative estimate of drug-likeness (QED) is 0.284.